The molecule has 2 aromatic rings. The van der Waals surface area contributed by atoms with Crippen molar-refractivity contribution in [3.63, 3.8) is 0 Å². The molecule has 1 aromatic carbocycles. The Kier molecular flexibility index (Phi) is 9.90. The highest BCUT2D eigenvalue weighted by atomic mass is 127. The van der Waals surface area contributed by atoms with E-state index in [1.807, 2.05) is 19.2 Å². The van der Waals surface area contributed by atoms with Crippen LogP contribution >= 0.6 is 24.0 Å². The van der Waals surface area contributed by atoms with Crippen LogP contribution in [0.3, 0.4) is 0 Å². The number of nitrogens with one attached hydrogen (secondary N) is 2. The average molecular weight is 458 g/mol. The van der Waals surface area contributed by atoms with Crippen molar-refractivity contribution in [3.8, 4) is 5.75 Å². The topological polar surface area (TPSA) is 76.4 Å². The van der Waals surface area contributed by atoms with Crippen LogP contribution in [0.5, 0.6) is 5.75 Å². The highest BCUT2D eigenvalue weighted by Gasteiger charge is 2.03. The predicted molar refractivity (Wildman–Crippen MR) is 111 cm³/mol. The van der Waals surface area contributed by atoms with E-state index in [-0.39, 0.29) is 24.0 Å². The van der Waals surface area contributed by atoms with Gasteiger partial charge in [0, 0.05) is 20.6 Å². The molecular formula is C17H27IN6O. The van der Waals surface area contributed by atoms with Gasteiger partial charge in [0.2, 0.25) is 0 Å². The van der Waals surface area contributed by atoms with Crippen LogP contribution in [0.1, 0.15) is 24.7 Å². The van der Waals surface area contributed by atoms with Crippen molar-refractivity contribution in [2.75, 3.05) is 20.2 Å². The van der Waals surface area contributed by atoms with Crippen LogP contribution in [-0.4, -0.2) is 40.9 Å². The van der Waals surface area contributed by atoms with Crippen molar-refractivity contribution in [1.29, 1.82) is 0 Å². The highest BCUT2D eigenvalue weighted by molar-refractivity contribution is 14.0. The molecule has 0 aliphatic heterocycles. The number of aromatic nitrogens is 3. The third-order valence-electron chi connectivity index (χ3n) is 3.52. The van der Waals surface area contributed by atoms with Crippen LogP contribution in [0.15, 0.2) is 35.6 Å². The maximum atomic E-state index is 5.66. The summed E-state index contributed by atoms with van der Waals surface area (Å²) in [6, 6.07) is 8.22. The van der Waals surface area contributed by atoms with Crippen LogP contribution in [-0.2, 0) is 20.0 Å². The summed E-state index contributed by atoms with van der Waals surface area (Å²) in [6.07, 6.45) is 3.45. The molecule has 0 aliphatic rings. The van der Waals surface area contributed by atoms with Crippen molar-refractivity contribution in [3.05, 3.63) is 42.0 Å². The normalized spacial score (nSPS) is 10.9. The zero-order valence-corrected chi connectivity index (χ0v) is 17.4. The second-order valence-electron chi connectivity index (χ2n) is 5.40. The number of rotatable bonds is 8. The quantitative estimate of drug-likeness (QED) is 0.360. The smallest absolute Gasteiger partial charge is 0.191 e. The number of nitrogens with zero attached hydrogens (tertiary/aromatic N) is 4. The van der Waals surface area contributed by atoms with E-state index in [4.69, 9.17) is 4.74 Å². The Morgan fingerprint density at radius 1 is 1.32 bits per heavy atom. The maximum Gasteiger partial charge on any atom is 0.191 e. The molecule has 2 N–H and O–H groups in total. The molecule has 0 spiro atoms. The molecule has 1 aromatic heterocycles. The lowest BCUT2D eigenvalue weighted by Crippen LogP contribution is -2.38. The Morgan fingerprint density at radius 3 is 2.84 bits per heavy atom. The molecular weight excluding hydrogens is 431 g/mol. The Labute approximate surface area is 166 Å². The molecule has 0 radical (unpaired) electrons. The molecule has 0 saturated carbocycles. The summed E-state index contributed by atoms with van der Waals surface area (Å²) in [5.41, 5.74) is 1.24. The third kappa shape index (κ3) is 7.29. The van der Waals surface area contributed by atoms with E-state index in [2.05, 4.69) is 44.8 Å². The second-order valence-corrected chi connectivity index (χ2v) is 5.40. The number of ether oxygens (including phenoxy) is 1. The summed E-state index contributed by atoms with van der Waals surface area (Å²) in [6.45, 7) is 4.22. The van der Waals surface area contributed by atoms with Gasteiger partial charge in [-0.05, 0) is 30.5 Å². The first kappa shape index (κ1) is 21.2. The molecule has 0 atom stereocenters. The number of aliphatic imine (C=N–C) groups is 1. The summed E-state index contributed by atoms with van der Waals surface area (Å²) >= 11 is 0. The molecule has 8 heteroatoms. The molecule has 0 unspecified atom stereocenters. The summed E-state index contributed by atoms with van der Waals surface area (Å²) in [7, 11) is 3.62. The molecule has 25 heavy (non-hydrogen) atoms. The van der Waals surface area contributed by atoms with Gasteiger partial charge in [-0.1, -0.05) is 19.1 Å². The number of hydrogen-bond donors (Lipinski definition) is 2. The Hall–Kier alpha value is -1.84. The summed E-state index contributed by atoms with van der Waals surface area (Å²) in [4.78, 5) is 8.40. The zero-order valence-electron chi connectivity index (χ0n) is 15.0. The minimum Gasteiger partial charge on any atom is -0.494 e. The fourth-order valence-electron chi connectivity index (χ4n) is 2.20. The van der Waals surface area contributed by atoms with Gasteiger partial charge >= 0.3 is 0 Å². The SMILES string of the molecule is CCCOc1cccc(CCNC(=NC)NCc2ncnn2C)c1.I. The van der Waals surface area contributed by atoms with Gasteiger partial charge in [-0.3, -0.25) is 9.67 Å². The monoisotopic (exact) mass is 458 g/mol. The van der Waals surface area contributed by atoms with Gasteiger partial charge in [0.05, 0.1) is 13.2 Å². The summed E-state index contributed by atoms with van der Waals surface area (Å²) < 4.78 is 7.40. The maximum absolute atomic E-state index is 5.66. The molecule has 1 heterocycles. The zero-order chi connectivity index (χ0) is 17.2. The van der Waals surface area contributed by atoms with E-state index in [0.29, 0.717) is 6.54 Å². The van der Waals surface area contributed by atoms with Gasteiger partial charge < -0.3 is 15.4 Å². The standard InChI is InChI=1S/C17H26N6O.HI/c1-4-10-24-15-7-5-6-14(11-15)8-9-19-17(18-2)20-12-16-21-13-22-23(16)3;/h5-7,11,13H,4,8-10,12H2,1-3H3,(H2,18,19,20);1H. The largest absolute Gasteiger partial charge is 0.494 e. The highest BCUT2D eigenvalue weighted by Crippen LogP contribution is 2.13. The molecule has 138 valence electrons. The molecule has 7 nitrogen and oxygen atoms in total. The first-order valence-electron chi connectivity index (χ1n) is 8.22. The number of halogens is 1. The predicted octanol–water partition coefficient (Wildman–Crippen LogP) is 2.13. The first-order chi connectivity index (χ1) is 11.7. The van der Waals surface area contributed by atoms with Gasteiger partial charge in [0.1, 0.15) is 17.9 Å². The Morgan fingerprint density at radius 2 is 2.16 bits per heavy atom. The van der Waals surface area contributed by atoms with Crippen molar-refractivity contribution in [2.45, 2.75) is 26.3 Å². The third-order valence-corrected chi connectivity index (χ3v) is 3.52. The van der Waals surface area contributed by atoms with Gasteiger partial charge in [0.25, 0.3) is 0 Å². The van der Waals surface area contributed by atoms with Crippen LogP contribution < -0.4 is 15.4 Å². The lowest BCUT2D eigenvalue weighted by atomic mass is 10.1. The molecule has 2 rings (SSSR count). The van der Waals surface area contributed by atoms with Gasteiger partial charge in [0.15, 0.2) is 5.96 Å². The van der Waals surface area contributed by atoms with Gasteiger partial charge in [-0.2, -0.15) is 5.10 Å². The van der Waals surface area contributed by atoms with Crippen LogP contribution in [0.2, 0.25) is 0 Å². The van der Waals surface area contributed by atoms with E-state index >= 15 is 0 Å². The molecule has 0 bridgehead atoms. The van der Waals surface area contributed by atoms with Crippen molar-refractivity contribution >= 4 is 29.9 Å². The fourth-order valence-corrected chi connectivity index (χ4v) is 2.20. The molecule has 0 amide bonds. The van der Waals surface area contributed by atoms with Gasteiger partial charge in [-0.25, -0.2) is 4.98 Å². The minimum absolute atomic E-state index is 0. The van der Waals surface area contributed by atoms with Crippen molar-refractivity contribution in [2.24, 2.45) is 12.0 Å². The second kappa shape index (κ2) is 11.7. The number of hydrogen-bond acceptors (Lipinski definition) is 4. The van der Waals surface area contributed by atoms with Crippen molar-refractivity contribution in [1.82, 2.24) is 25.4 Å². The van der Waals surface area contributed by atoms with Gasteiger partial charge in [-0.15, -0.1) is 24.0 Å². The van der Waals surface area contributed by atoms with Crippen molar-refractivity contribution < 1.29 is 4.74 Å². The number of benzene rings is 1. The first-order valence-corrected chi connectivity index (χ1v) is 8.22. The molecule has 0 fully saturated rings. The van der Waals surface area contributed by atoms with E-state index in [9.17, 15) is 0 Å². The fraction of sp³-hybridized carbons (Fsp3) is 0.471. The van der Waals surface area contributed by atoms with E-state index in [1.54, 1.807) is 18.1 Å². The van der Waals surface area contributed by atoms with Crippen LogP contribution in [0.25, 0.3) is 0 Å². The average Bonchev–Trinajstić information content (AvgIpc) is 3.01. The van der Waals surface area contributed by atoms with Crippen LogP contribution in [0.4, 0.5) is 0 Å². The molecule has 0 aliphatic carbocycles. The number of aryl methyl sites for hydroxylation is 1. The Balaban J connectivity index is 0.00000312. The van der Waals surface area contributed by atoms with Crippen LogP contribution in [0, 0.1) is 0 Å². The lowest BCUT2D eigenvalue weighted by Gasteiger charge is -2.12. The van der Waals surface area contributed by atoms with E-state index < -0.39 is 0 Å². The Bertz CT molecular complexity index is 658. The number of guanidine groups is 1. The summed E-state index contributed by atoms with van der Waals surface area (Å²) in [5, 5.41) is 10.6. The lowest BCUT2D eigenvalue weighted by molar-refractivity contribution is 0.317. The summed E-state index contributed by atoms with van der Waals surface area (Å²) in [5.74, 6) is 2.54. The van der Waals surface area contributed by atoms with E-state index in [1.165, 1.54) is 5.56 Å². The minimum atomic E-state index is 0. The van der Waals surface area contributed by atoms with E-state index in [0.717, 1.165) is 43.5 Å². The molecule has 0 saturated heterocycles.